The van der Waals surface area contributed by atoms with Gasteiger partial charge < -0.3 is 4.74 Å². The molecule has 1 saturated heterocycles. The molecule has 124 valence electrons. The zero-order chi connectivity index (χ0) is 16.7. The average molecular weight is 354 g/mol. The van der Waals surface area contributed by atoms with Crippen molar-refractivity contribution >= 4 is 32.6 Å². The zero-order valence-corrected chi connectivity index (χ0v) is 14.3. The van der Waals surface area contributed by atoms with E-state index < -0.39 is 10.0 Å². The van der Waals surface area contributed by atoms with Crippen molar-refractivity contribution in [2.75, 3.05) is 19.4 Å². The lowest BCUT2D eigenvalue weighted by atomic mass is 10.2. The van der Waals surface area contributed by atoms with Crippen molar-refractivity contribution < 1.29 is 13.2 Å². The fourth-order valence-electron chi connectivity index (χ4n) is 2.08. The van der Waals surface area contributed by atoms with Crippen LogP contribution in [0.4, 0.5) is 5.69 Å². The van der Waals surface area contributed by atoms with E-state index in [-0.39, 0.29) is 17.5 Å². The Morgan fingerprint density at radius 2 is 2.22 bits per heavy atom. The van der Waals surface area contributed by atoms with Crippen LogP contribution in [0.2, 0.25) is 0 Å². The largest absolute Gasteiger partial charge is 0.377 e. The summed E-state index contributed by atoms with van der Waals surface area (Å²) in [5, 5.41) is 11.5. The summed E-state index contributed by atoms with van der Waals surface area (Å²) in [6, 6.07) is 6.16. The molecule has 9 heteroatoms. The first-order valence-electron chi connectivity index (χ1n) is 7.04. The minimum Gasteiger partial charge on any atom is -0.377 e. The molecule has 2 rings (SSSR count). The SMILES string of the molecule is CSC(=Nc1ccc(S(=O)(=O)NCC2CCCO2)cc1)NC#N. The predicted octanol–water partition coefficient (Wildman–Crippen LogP) is 1.57. The van der Waals surface area contributed by atoms with E-state index in [2.05, 4.69) is 15.0 Å². The Bertz CT molecular complexity index is 690. The second-order valence-corrected chi connectivity index (χ2v) is 7.40. The van der Waals surface area contributed by atoms with E-state index in [1.165, 1.54) is 23.9 Å². The van der Waals surface area contributed by atoms with E-state index in [1.54, 1.807) is 24.6 Å². The molecule has 0 radical (unpaired) electrons. The van der Waals surface area contributed by atoms with E-state index in [4.69, 9.17) is 10.00 Å². The number of amidine groups is 1. The summed E-state index contributed by atoms with van der Waals surface area (Å²) in [5.41, 5.74) is 0.565. The van der Waals surface area contributed by atoms with Crippen molar-refractivity contribution in [3.05, 3.63) is 24.3 Å². The van der Waals surface area contributed by atoms with Gasteiger partial charge >= 0.3 is 0 Å². The van der Waals surface area contributed by atoms with E-state index in [0.29, 0.717) is 17.5 Å². The van der Waals surface area contributed by atoms with Gasteiger partial charge in [0, 0.05) is 13.2 Å². The van der Waals surface area contributed by atoms with Crippen LogP contribution >= 0.6 is 11.8 Å². The van der Waals surface area contributed by atoms with Crippen LogP contribution in [-0.4, -0.2) is 39.1 Å². The van der Waals surface area contributed by atoms with Gasteiger partial charge in [0.2, 0.25) is 10.0 Å². The normalized spacial score (nSPS) is 18.6. The molecule has 1 fully saturated rings. The van der Waals surface area contributed by atoms with Crippen molar-refractivity contribution in [3.8, 4) is 6.19 Å². The van der Waals surface area contributed by atoms with Crippen LogP contribution in [0.15, 0.2) is 34.2 Å². The third kappa shape index (κ3) is 5.21. The Kier molecular flexibility index (Phi) is 6.41. The van der Waals surface area contributed by atoms with Crippen molar-refractivity contribution in [2.24, 2.45) is 4.99 Å². The number of aliphatic imine (C=N–C) groups is 1. The van der Waals surface area contributed by atoms with Gasteiger partial charge in [-0.1, -0.05) is 11.8 Å². The molecule has 1 atom stereocenters. The highest BCUT2D eigenvalue weighted by molar-refractivity contribution is 8.13. The van der Waals surface area contributed by atoms with E-state index in [1.807, 2.05) is 0 Å². The van der Waals surface area contributed by atoms with Crippen LogP contribution < -0.4 is 10.0 Å². The van der Waals surface area contributed by atoms with Crippen molar-refractivity contribution in [3.63, 3.8) is 0 Å². The highest BCUT2D eigenvalue weighted by Crippen LogP contribution is 2.18. The molecule has 0 aromatic heterocycles. The number of hydrogen-bond acceptors (Lipinski definition) is 6. The van der Waals surface area contributed by atoms with Gasteiger partial charge in [0.05, 0.1) is 16.7 Å². The summed E-state index contributed by atoms with van der Waals surface area (Å²) in [6.07, 6.45) is 5.38. The summed E-state index contributed by atoms with van der Waals surface area (Å²) in [5.74, 6) is 0. The van der Waals surface area contributed by atoms with Crippen LogP contribution in [0, 0.1) is 11.5 Å². The molecule has 0 saturated carbocycles. The zero-order valence-electron chi connectivity index (χ0n) is 12.7. The first-order valence-corrected chi connectivity index (χ1v) is 9.75. The maximum absolute atomic E-state index is 12.2. The van der Waals surface area contributed by atoms with Crippen LogP contribution in [0.3, 0.4) is 0 Å². The highest BCUT2D eigenvalue weighted by atomic mass is 32.2. The number of nitriles is 1. The highest BCUT2D eigenvalue weighted by Gasteiger charge is 2.20. The molecular formula is C14H18N4O3S2. The van der Waals surface area contributed by atoms with E-state index in [0.717, 1.165) is 12.8 Å². The molecule has 0 spiro atoms. The van der Waals surface area contributed by atoms with Gasteiger partial charge in [0.1, 0.15) is 0 Å². The topological polar surface area (TPSA) is 104 Å². The van der Waals surface area contributed by atoms with Gasteiger partial charge in [-0.25, -0.2) is 18.1 Å². The fraction of sp³-hybridized carbons (Fsp3) is 0.429. The van der Waals surface area contributed by atoms with Crippen molar-refractivity contribution in [1.29, 1.82) is 5.26 Å². The first-order chi connectivity index (χ1) is 11.0. The Morgan fingerprint density at radius 1 is 1.48 bits per heavy atom. The number of nitrogens with one attached hydrogen (secondary N) is 2. The summed E-state index contributed by atoms with van der Waals surface area (Å²) >= 11 is 1.29. The van der Waals surface area contributed by atoms with Gasteiger partial charge in [-0.05, 0) is 43.4 Å². The second kappa shape index (κ2) is 8.31. The number of thioether (sulfide) groups is 1. The fourth-order valence-corrected chi connectivity index (χ4v) is 3.49. The molecule has 0 bridgehead atoms. The van der Waals surface area contributed by atoms with E-state index in [9.17, 15) is 8.42 Å². The Balaban J connectivity index is 2.04. The van der Waals surface area contributed by atoms with Gasteiger partial charge in [-0.3, -0.25) is 5.32 Å². The third-order valence-electron chi connectivity index (χ3n) is 3.26. The van der Waals surface area contributed by atoms with Gasteiger partial charge in [0.15, 0.2) is 11.4 Å². The van der Waals surface area contributed by atoms with E-state index >= 15 is 0 Å². The maximum atomic E-state index is 12.2. The van der Waals surface area contributed by atoms with Crippen molar-refractivity contribution in [1.82, 2.24) is 10.0 Å². The molecule has 7 nitrogen and oxygen atoms in total. The number of benzene rings is 1. The maximum Gasteiger partial charge on any atom is 0.240 e. The number of nitrogens with zero attached hydrogens (tertiary/aromatic N) is 2. The summed E-state index contributed by atoms with van der Waals surface area (Å²) in [7, 11) is -3.56. The molecule has 1 aromatic carbocycles. The summed E-state index contributed by atoms with van der Waals surface area (Å²) in [6.45, 7) is 0.971. The standard InChI is InChI=1S/C14H18N4O3S2/c1-22-14(16-10-15)18-11-4-6-13(7-5-11)23(19,20)17-9-12-3-2-8-21-12/h4-7,12,17H,2-3,8-9H2,1H3,(H,16,18). The van der Waals surface area contributed by atoms with Crippen LogP contribution in [-0.2, 0) is 14.8 Å². The quantitative estimate of drug-likeness (QED) is 0.360. The van der Waals surface area contributed by atoms with Crippen LogP contribution in [0.5, 0.6) is 0 Å². The Hall–Kier alpha value is -1.60. The molecule has 1 aliphatic rings. The minimum atomic E-state index is -3.56. The van der Waals surface area contributed by atoms with Crippen LogP contribution in [0.1, 0.15) is 12.8 Å². The lowest BCUT2D eigenvalue weighted by Gasteiger charge is -2.11. The Morgan fingerprint density at radius 3 is 2.78 bits per heavy atom. The number of hydrogen-bond donors (Lipinski definition) is 2. The second-order valence-electron chi connectivity index (χ2n) is 4.84. The molecule has 1 aromatic rings. The van der Waals surface area contributed by atoms with Gasteiger partial charge in [0.25, 0.3) is 0 Å². The van der Waals surface area contributed by atoms with Gasteiger partial charge in [-0.2, -0.15) is 5.26 Å². The minimum absolute atomic E-state index is 0.0464. The lowest BCUT2D eigenvalue weighted by molar-refractivity contribution is 0.114. The van der Waals surface area contributed by atoms with Crippen LogP contribution in [0.25, 0.3) is 0 Å². The molecule has 1 aliphatic heterocycles. The Labute approximate surface area is 140 Å². The molecule has 1 heterocycles. The average Bonchev–Trinajstić information content (AvgIpc) is 3.07. The summed E-state index contributed by atoms with van der Waals surface area (Å²) < 4.78 is 32.4. The third-order valence-corrected chi connectivity index (χ3v) is 5.28. The molecule has 23 heavy (non-hydrogen) atoms. The summed E-state index contributed by atoms with van der Waals surface area (Å²) in [4.78, 5) is 4.38. The van der Waals surface area contributed by atoms with Crippen molar-refractivity contribution in [2.45, 2.75) is 23.8 Å². The van der Waals surface area contributed by atoms with Gasteiger partial charge in [-0.15, -0.1) is 0 Å². The monoisotopic (exact) mass is 354 g/mol. The number of rotatable bonds is 5. The molecule has 2 N–H and O–H groups in total. The predicted molar refractivity (Wildman–Crippen MR) is 90.0 cm³/mol. The number of ether oxygens (including phenoxy) is 1. The first kappa shape index (κ1) is 17.7. The number of sulfonamides is 1. The molecular weight excluding hydrogens is 336 g/mol. The molecule has 1 unspecified atom stereocenters. The lowest BCUT2D eigenvalue weighted by Crippen LogP contribution is -2.31. The smallest absolute Gasteiger partial charge is 0.240 e. The molecule has 0 aliphatic carbocycles. The molecule has 0 amide bonds.